The number of carbonyl (C=O) groups excluding carboxylic acids is 2. The maximum atomic E-state index is 12.5. The lowest BCUT2D eigenvalue weighted by Crippen LogP contribution is -2.48. The maximum Gasteiger partial charge on any atom is 0.317 e. The third-order valence-electron chi connectivity index (χ3n) is 4.84. The fourth-order valence-corrected chi connectivity index (χ4v) is 4.12. The van der Waals surface area contributed by atoms with Gasteiger partial charge in [-0.2, -0.15) is 0 Å². The van der Waals surface area contributed by atoms with Crippen LogP contribution in [-0.2, 0) is 11.2 Å². The molecule has 150 valence electrons. The van der Waals surface area contributed by atoms with Crippen molar-refractivity contribution in [3.8, 4) is 0 Å². The molecule has 1 atom stereocenters. The number of anilines is 1. The van der Waals surface area contributed by atoms with Crippen molar-refractivity contribution in [3.05, 3.63) is 46.4 Å². The summed E-state index contributed by atoms with van der Waals surface area (Å²) >= 11 is 1.67. The van der Waals surface area contributed by atoms with E-state index in [1.54, 1.807) is 16.2 Å². The molecule has 1 aromatic heterocycles. The van der Waals surface area contributed by atoms with Crippen LogP contribution in [0.2, 0.25) is 0 Å². The number of nitrogens with one attached hydrogen (secondary N) is 2. The van der Waals surface area contributed by atoms with E-state index in [1.807, 2.05) is 30.3 Å². The van der Waals surface area contributed by atoms with Crippen molar-refractivity contribution in [2.24, 2.45) is 5.92 Å². The molecule has 0 saturated carbocycles. The second-order valence-corrected chi connectivity index (χ2v) is 8.34. The molecule has 1 aliphatic heterocycles. The lowest BCUT2D eigenvalue weighted by atomic mass is 9.97. The Morgan fingerprint density at radius 2 is 2.07 bits per heavy atom. The van der Waals surface area contributed by atoms with Gasteiger partial charge >= 0.3 is 6.03 Å². The number of likely N-dealkylation sites (tertiary alicyclic amines) is 1. The van der Waals surface area contributed by atoms with E-state index in [0.29, 0.717) is 25.6 Å². The SMILES string of the molecule is CC(C)c1nc(CCNC(=O)N2CCCC(C(=O)Nc3ccccc3)C2)cs1. The van der Waals surface area contributed by atoms with E-state index in [2.05, 4.69) is 34.8 Å². The fourth-order valence-electron chi connectivity index (χ4n) is 3.25. The highest BCUT2D eigenvalue weighted by Gasteiger charge is 2.28. The number of benzene rings is 1. The lowest BCUT2D eigenvalue weighted by Gasteiger charge is -2.32. The summed E-state index contributed by atoms with van der Waals surface area (Å²) in [6.45, 7) is 5.96. The molecule has 0 radical (unpaired) electrons. The van der Waals surface area contributed by atoms with E-state index in [9.17, 15) is 9.59 Å². The van der Waals surface area contributed by atoms with Crippen molar-refractivity contribution in [1.82, 2.24) is 15.2 Å². The van der Waals surface area contributed by atoms with Crippen LogP contribution in [0.15, 0.2) is 35.7 Å². The molecule has 0 aliphatic carbocycles. The lowest BCUT2D eigenvalue weighted by molar-refractivity contribution is -0.121. The number of nitrogens with zero attached hydrogens (tertiary/aromatic N) is 2. The number of piperidine rings is 1. The first-order valence-corrected chi connectivity index (χ1v) is 10.7. The normalized spacial score (nSPS) is 16.8. The number of thiazole rings is 1. The van der Waals surface area contributed by atoms with Gasteiger partial charge in [0.25, 0.3) is 0 Å². The van der Waals surface area contributed by atoms with Gasteiger partial charge < -0.3 is 15.5 Å². The Kier molecular flexibility index (Phi) is 7.03. The Bertz CT molecular complexity index is 791. The summed E-state index contributed by atoms with van der Waals surface area (Å²) in [6.07, 6.45) is 2.37. The van der Waals surface area contributed by atoms with Gasteiger partial charge in [-0.15, -0.1) is 11.3 Å². The molecule has 0 bridgehead atoms. The van der Waals surface area contributed by atoms with Crippen molar-refractivity contribution in [3.63, 3.8) is 0 Å². The molecule has 2 aromatic rings. The third-order valence-corrected chi connectivity index (χ3v) is 6.04. The molecule has 7 heteroatoms. The second-order valence-electron chi connectivity index (χ2n) is 7.45. The van der Waals surface area contributed by atoms with Gasteiger partial charge in [-0.25, -0.2) is 9.78 Å². The van der Waals surface area contributed by atoms with Gasteiger partial charge in [-0.1, -0.05) is 32.0 Å². The number of aromatic nitrogens is 1. The van der Waals surface area contributed by atoms with Crippen LogP contribution in [0.5, 0.6) is 0 Å². The van der Waals surface area contributed by atoms with Crippen LogP contribution in [-0.4, -0.2) is 41.5 Å². The summed E-state index contributed by atoms with van der Waals surface area (Å²) in [7, 11) is 0. The highest BCUT2D eigenvalue weighted by atomic mass is 32.1. The molecule has 3 amide bonds. The van der Waals surface area contributed by atoms with Crippen molar-refractivity contribution < 1.29 is 9.59 Å². The van der Waals surface area contributed by atoms with Gasteiger partial charge in [-0.05, 0) is 25.0 Å². The first-order valence-electron chi connectivity index (χ1n) is 9.86. The zero-order valence-corrected chi connectivity index (χ0v) is 17.3. The molecule has 1 saturated heterocycles. The van der Waals surface area contributed by atoms with Crippen LogP contribution in [0.4, 0.5) is 10.5 Å². The van der Waals surface area contributed by atoms with Gasteiger partial charge in [-0.3, -0.25) is 4.79 Å². The first kappa shape index (κ1) is 20.3. The predicted octanol–water partition coefficient (Wildman–Crippen LogP) is 3.87. The smallest absolute Gasteiger partial charge is 0.317 e. The first-order chi connectivity index (χ1) is 13.5. The molecule has 2 N–H and O–H groups in total. The minimum Gasteiger partial charge on any atom is -0.338 e. The maximum absolute atomic E-state index is 12.5. The Labute approximate surface area is 170 Å². The summed E-state index contributed by atoms with van der Waals surface area (Å²) < 4.78 is 0. The van der Waals surface area contributed by atoms with Gasteiger partial charge in [0, 0.05) is 43.0 Å². The molecule has 1 fully saturated rings. The molecular weight excluding hydrogens is 372 g/mol. The van der Waals surface area contributed by atoms with Gasteiger partial charge in [0.05, 0.1) is 16.6 Å². The van der Waals surface area contributed by atoms with Gasteiger partial charge in [0.1, 0.15) is 0 Å². The standard InChI is InChI=1S/C21H28N4O2S/c1-15(2)20-24-18(14-28-20)10-11-22-21(27)25-12-6-7-16(13-25)19(26)23-17-8-4-3-5-9-17/h3-5,8-9,14-16H,6-7,10-13H2,1-2H3,(H,22,27)(H,23,26). The molecule has 6 nitrogen and oxygen atoms in total. The van der Waals surface area contributed by atoms with Crippen LogP contribution >= 0.6 is 11.3 Å². The van der Waals surface area contributed by atoms with E-state index in [1.165, 1.54) is 0 Å². The number of carbonyl (C=O) groups is 2. The number of hydrogen-bond donors (Lipinski definition) is 2. The quantitative estimate of drug-likeness (QED) is 0.773. The van der Waals surface area contributed by atoms with E-state index in [4.69, 9.17) is 0 Å². The van der Waals surface area contributed by atoms with Crippen molar-refractivity contribution in [1.29, 1.82) is 0 Å². The average molecular weight is 401 g/mol. The van der Waals surface area contributed by atoms with E-state index >= 15 is 0 Å². The number of rotatable bonds is 6. The van der Waals surface area contributed by atoms with Crippen LogP contribution in [0.1, 0.15) is 43.3 Å². The highest BCUT2D eigenvalue weighted by molar-refractivity contribution is 7.09. The van der Waals surface area contributed by atoms with E-state index in [-0.39, 0.29) is 17.9 Å². The van der Waals surface area contributed by atoms with E-state index < -0.39 is 0 Å². The third kappa shape index (κ3) is 5.55. The fraction of sp³-hybridized carbons (Fsp3) is 0.476. The Balaban J connectivity index is 1.45. The Morgan fingerprint density at radius 3 is 2.79 bits per heavy atom. The molecule has 3 rings (SSSR count). The molecule has 2 heterocycles. The van der Waals surface area contributed by atoms with Crippen LogP contribution < -0.4 is 10.6 Å². The summed E-state index contributed by atoms with van der Waals surface area (Å²) in [5.41, 5.74) is 1.81. The number of urea groups is 1. The Hall–Kier alpha value is -2.41. The number of hydrogen-bond acceptors (Lipinski definition) is 4. The predicted molar refractivity (Wildman–Crippen MR) is 113 cm³/mol. The van der Waals surface area contributed by atoms with Crippen LogP contribution in [0, 0.1) is 5.92 Å². The second kappa shape index (κ2) is 9.68. The van der Waals surface area contributed by atoms with E-state index in [0.717, 1.165) is 35.7 Å². The highest BCUT2D eigenvalue weighted by Crippen LogP contribution is 2.20. The Morgan fingerprint density at radius 1 is 1.29 bits per heavy atom. The van der Waals surface area contributed by atoms with Crippen LogP contribution in [0.25, 0.3) is 0 Å². The summed E-state index contributed by atoms with van der Waals surface area (Å²) in [6, 6.07) is 9.34. The molecule has 1 unspecified atom stereocenters. The molecule has 1 aromatic carbocycles. The van der Waals surface area contributed by atoms with Crippen LogP contribution in [0.3, 0.4) is 0 Å². The molecule has 28 heavy (non-hydrogen) atoms. The number of amides is 3. The van der Waals surface area contributed by atoms with Crippen molar-refractivity contribution >= 4 is 29.0 Å². The van der Waals surface area contributed by atoms with Gasteiger partial charge in [0.2, 0.25) is 5.91 Å². The zero-order valence-electron chi connectivity index (χ0n) is 16.5. The summed E-state index contributed by atoms with van der Waals surface area (Å²) in [4.78, 5) is 31.4. The largest absolute Gasteiger partial charge is 0.338 e. The summed E-state index contributed by atoms with van der Waals surface area (Å²) in [5, 5.41) is 9.10. The minimum atomic E-state index is -0.174. The average Bonchev–Trinajstić information content (AvgIpc) is 3.18. The summed E-state index contributed by atoms with van der Waals surface area (Å²) in [5.74, 6) is 0.236. The molecular formula is C21H28N4O2S. The molecule has 0 spiro atoms. The minimum absolute atomic E-state index is 0.0209. The topological polar surface area (TPSA) is 74.3 Å². The number of para-hydroxylation sites is 1. The molecule has 1 aliphatic rings. The zero-order chi connectivity index (χ0) is 19.9. The van der Waals surface area contributed by atoms with Crippen molar-refractivity contribution in [2.75, 3.05) is 25.0 Å². The van der Waals surface area contributed by atoms with Gasteiger partial charge in [0.15, 0.2) is 0 Å². The monoisotopic (exact) mass is 400 g/mol. The van der Waals surface area contributed by atoms with Crippen molar-refractivity contribution in [2.45, 2.75) is 39.0 Å².